The SMILES string of the molecule is O=C(CCN1C(=O)/C(=C\c2ccc(Cl)cc2)SC1=S)NC1C=C[S+](=O)([O-])C1. The van der Waals surface area contributed by atoms with Crippen molar-refractivity contribution in [3.63, 3.8) is 0 Å². The molecule has 3 rings (SSSR count). The van der Waals surface area contributed by atoms with Gasteiger partial charge in [0.25, 0.3) is 5.91 Å². The highest BCUT2D eigenvalue weighted by molar-refractivity contribution is 8.26. The second-order valence-corrected chi connectivity index (χ2v) is 10.0. The lowest BCUT2D eigenvalue weighted by atomic mass is 10.2. The fourth-order valence-electron chi connectivity index (χ4n) is 2.56. The van der Waals surface area contributed by atoms with Gasteiger partial charge in [-0.3, -0.25) is 14.5 Å². The number of carbonyl (C=O) groups excluding carboxylic acids is 2. The monoisotopic (exact) mass is 442 g/mol. The molecule has 0 bridgehead atoms. The number of hydrogen-bond donors (Lipinski definition) is 1. The smallest absolute Gasteiger partial charge is 0.266 e. The molecule has 6 nitrogen and oxygen atoms in total. The maximum atomic E-state index is 12.5. The first-order valence-corrected chi connectivity index (χ1v) is 11.3. The maximum absolute atomic E-state index is 12.5. The summed E-state index contributed by atoms with van der Waals surface area (Å²) in [6.07, 6.45) is 3.20. The Morgan fingerprint density at radius 3 is 2.78 bits per heavy atom. The van der Waals surface area contributed by atoms with E-state index in [2.05, 4.69) is 5.32 Å². The van der Waals surface area contributed by atoms with E-state index < -0.39 is 16.3 Å². The van der Waals surface area contributed by atoms with Gasteiger partial charge in [0.2, 0.25) is 5.91 Å². The van der Waals surface area contributed by atoms with Crippen LogP contribution in [0.25, 0.3) is 6.08 Å². The van der Waals surface area contributed by atoms with Gasteiger partial charge >= 0.3 is 0 Å². The topological polar surface area (TPSA) is 89.5 Å². The molecule has 1 saturated heterocycles. The van der Waals surface area contributed by atoms with Crippen LogP contribution in [0.1, 0.15) is 12.0 Å². The molecule has 2 aliphatic rings. The molecule has 10 heteroatoms. The lowest BCUT2D eigenvalue weighted by molar-refractivity contribution is -0.124. The van der Waals surface area contributed by atoms with Crippen LogP contribution >= 0.6 is 35.6 Å². The van der Waals surface area contributed by atoms with Gasteiger partial charge in [-0.1, -0.05) is 47.7 Å². The number of thioether (sulfide) groups is 1. The molecule has 2 aliphatic heterocycles. The average Bonchev–Trinajstić information content (AvgIpc) is 3.07. The van der Waals surface area contributed by atoms with E-state index in [1.54, 1.807) is 30.3 Å². The second-order valence-electron chi connectivity index (χ2n) is 5.97. The van der Waals surface area contributed by atoms with Gasteiger partial charge in [-0.25, -0.2) is 0 Å². The molecule has 0 spiro atoms. The Bertz CT molecular complexity index is 898. The minimum absolute atomic E-state index is 0.0328. The van der Waals surface area contributed by atoms with E-state index in [0.29, 0.717) is 14.2 Å². The van der Waals surface area contributed by atoms with Crippen molar-refractivity contribution in [1.82, 2.24) is 10.2 Å². The van der Waals surface area contributed by atoms with E-state index in [9.17, 15) is 18.4 Å². The number of nitrogens with zero attached hydrogens (tertiary/aromatic N) is 1. The van der Waals surface area contributed by atoms with E-state index in [-0.39, 0.29) is 30.5 Å². The predicted molar refractivity (Wildman–Crippen MR) is 111 cm³/mol. The van der Waals surface area contributed by atoms with Crippen molar-refractivity contribution in [3.05, 3.63) is 51.2 Å². The van der Waals surface area contributed by atoms with Gasteiger partial charge < -0.3 is 9.87 Å². The van der Waals surface area contributed by atoms with Gasteiger partial charge in [0, 0.05) is 18.0 Å². The summed E-state index contributed by atoms with van der Waals surface area (Å²) in [7, 11) is -3.23. The zero-order valence-electron chi connectivity index (χ0n) is 13.9. The highest BCUT2D eigenvalue weighted by Crippen LogP contribution is 2.32. The number of thiocarbonyl (C=S) groups is 1. The molecule has 0 aromatic heterocycles. The third-order valence-electron chi connectivity index (χ3n) is 3.88. The fourth-order valence-corrected chi connectivity index (χ4v) is 5.23. The van der Waals surface area contributed by atoms with Gasteiger partial charge in [-0.2, -0.15) is 0 Å². The molecule has 27 heavy (non-hydrogen) atoms. The van der Waals surface area contributed by atoms with Crippen LogP contribution in [-0.4, -0.2) is 43.9 Å². The van der Waals surface area contributed by atoms with E-state index in [1.807, 2.05) is 0 Å². The van der Waals surface area contributed by atoms with Gasteiger partial charge in [0.1, 0.15) is 15.5 Å². The molecule has 1 aromatic carbocycles. The number of nitrogens with one attached hydrogen (secondary N) is 1. The molecule has 2 unspecified atom stereocenters. The predicted octanol–water partition coefficient (Wildman–Crippen LogP) is 2.57. The molecule has 1 aromatic rings. The first-order chi connectivity index (χ1) is 12.7. The van der Waals surface area contributed by atoms with Crippen LogP contribution in [0.4, 0.5) is 0 Å². The van der Waals surface area contributed by atoms with Crippen molar-refractivity contribution >= 4 is 68.0 Å². The van der Waals surface area contributed by atoms with Crippen molar-refractivity contribution in [1.29, 1.82) is 0 Å². The molecule has 0 radical (unpaired) electrons. The van der Waals surface area contributed by atoms with E-state index in [1.165, 1.54) is 22.7 Å². The summed E-state index contributed by atoms with van der Waals surface area (Å²) in [5.74, 6) is -0.725. The number of hydrogen-bond acceptors (Lipinski definition) is 6. The van der Waals surface area contributed by atoms with Gasteiger partial charge in [0.15, 0.2) is 0 Å². The summed E-state index contributed by atoms with van der Waals surface area (Å²) in [6, 6.07) is 6.53. The van der Waals surface area contributed by atoms with Gasteiger partial charge in [0.05, 0.1) is 21.2 Å². The molecule has 1 fully saturated rings. The molecule has 1 N–H and O–H groups in total. The normalized spacial score (nSPS) is 26.2. The lowest BCUT2D eigenvalue weighted by Gasteiger charge is -2.15. The van der Waals surface area contributed by atoms with Crippen LogP contribution in [0.15, 0.2) is 40.7 Å². The second kappa shape index (κ2) is 8.24. The minimum Gasteiger partial charge on any atom is -0.610 e. The summed E-state index contributed by atoms with van der Waals surface area (Å²) in [5, 5.41) is 4.33. The summed E-state index contributed by atoms with van der Waals surface area (Å²) in [6.45, 7) is 0.137. The molecule has 0 saturated carbocycles. The van der Waals surface area contributed by atoms with Crippen LogP contribution in [0.2, 0.25) is 5.02 Å². The van der Waals surface area contributed by atoms with Crippen LogP contribution in [0.5, 0.6) is 0 Å². The number of benzene rings is 1. The van der Waals surface area contributed by atoms with Crippen molar-refractivity contribution in [2.75, 3.05) is 12.3 Å². The van der Waals surface area contributed by atoms with Crippen LogP contribution in [0.3, 0.4) is 0 Å². The number of rotatable bonds is 5. The standard InChI is InChI=1S/C17H15ClN2O4S3/c18-12-3-1-11(2-4-12)9-14-16(22)20(17(25)26-14)7-5-15(21)19-13-6-8-27(23,24)10-13/h1-4,6,8-9,13H,5,7,10H2,(H-,19,21,23,24)/b14-9+. The van der Waals surface area contributed by atoms with Crippen molar-refractivity contribution < 1.29 is 18.4 Å². The molecule has 2 amide bonds. The van der Waals surface area contributed by atoms with Crippen LogP contribution < -0.4 is 5.32 Å². The number of sulfone groups is 1. The summed E-state index contributed by atoms with van der Waals surface area (Å²) in [5.41, 5.74) is 0.826. The third-order valence-corrected chi connectivity index (χ3v) is 6.91. The molecule has 2 heterocycles. The van der Waals surface area contributed by atoms with Gasteiger partial charge in [-0.15, -0.1) is 4.21 Å². The Balaban J connectivity index is 1.56. The van der Waals surface area contributed by atoms with Crippen LogP contribution in [0, 0.1) is 0 Å². The number of halogens is 1. The highest BCUT2D eigenvalue weighted by Gasteiger charge is 2.32. The Morgan fingerprint density at radius 1 is 1.44 bits per heavy atom. The van der Waals surface area contributed by atoms with E-state index >= 15 is 0 Å². The lowest BCUT2D eigenvalue weighted by Crippen LogP contribution is -2.39. The summed E-state index contributed by atoms with van der Waals surface area (Å²) < 4.78 is 23.1. The van der Waals surface area contributed by atoms with E-state index in [4.69, 9.17) is 23.8 Å². The van der Waals surface area contributed by atoms with E-state index in [0.717, 1.165) is 11.0 Å². The first-order valence-electron chi connectivity index (χ1n) is 7.95. The zero-order valence-corrected chi connectivity index (χ0v) is 17.1. The zero-order chi connectivity index (χ0) is 19.6. The third kappa shape index (κ3) is 5.26. The van der Waals surface area contributed by atoms with Gasteiger partial charge in [-0.05, 0) is 29.8 Å². The van der Waals surface area contributed by atoms with Crippen molar-refractivity contribution in [2.45, 2.75) is 12.5 Å². The Kier molecular flexibility index (Phi) is 6.17. The maximum Gasteiger partial charge on any atom is 0.266 e. The fraction of sp³-hybridized carbons (Fsp3) is 0.235. The average molecular weight is 443 g/mol. The summed E-state index contributed by atoms with van der Waals surface area (Å²) in [4.78, 5) is 26.4. The molecule has 0 aliphatic carbocycles. The van der Waals surface area contributed by atoms with Crippen molar-refractivity contribution in [2.24, 2.45) is 0 Å². The Hall–Kier alpha value is -1.52. The summed E-state index contributed by atoms with van der Waals surface area (Å²) >= 11 is 12.3. The molecule has 142 valence electrons. The first kappa shape index (κ1) is 20.2. The number of carbonyl (C=O) groups is 2. The quantitative estimate of drug-likeness (QED) is 0.428. The molecular weight excluding hydrogens is 428 g/mol. The largest absolute Gasteiger partial charge is 0.610 e. The van der Waals surface area contributed by atoms with Crippen LogP contribution in [-0.2, 0) is 24.0 Å². The Labute approximate surface area is 172 Å². The highest BCUT2D eigenvalue weighted by atomic mass is 35.5. The van der Waals surface area contributed by atoms with Crippen molar-refractivity contribution in [3.8, 4) is 0 Å². The minimum atomic E-state index is -3.23. The molecule has 2 atom stereocenters. The number of amides is 2. The molecular formula is C17H15ClN2O4S3. The Morgan fingerprint density at radius 2 is 2.15 bits per heavy atom.